The van der Waals surface area contributed by atoms with Crippen molar-refractivity contribution >= 4 is 18.3 Å². The van der Waals surface area contributed by atoms with Gasteiger partial charge in [0.05, 0.1) is 12.6 Å². The van der Waals surface area contributed by atoms with E-state index in [9.17, 15) is 9.18 Å². The second-order valence-electron chi connectivity index (χ2n) is 6.70. The van der Waals surface area contributed by atoms with Crippen LogP contribution in [0.5, 0.6) is 0 Å². The Bertz CT molecular complexity index is 509. The van der Waals surface area contributed by atoms with Gasteiger partial charge in [-0.1, -0.05) is 26.0 Å². The number of piperidine rings is 1. The predicted molar refractivity (Wildman–Crippen MR) is 97.9 cm³/mol. The first-order valence-corrected chi connectivity index (χ1v) is 8.44. The highest BCUT2D eigenvalue weighted by atomic mass is 35.5. The van der Waals surface area contributed by atoms with E-state index in [1.165, 1.54) is 18.6 Å². The number of nitrogens with one attached hydrogen (secondary N) is 2. The molecule has 0 saturated carbocycles. The molecular formula is C18H29ClFN3O. The highest BCUT2D eigenvalue weighted by Crippen LogP contribution is 2.22. The van der Waals surface area contributed by atoms with Crippen molar-refractivity contribution in [1.29, 1.82) is 0 Å². The van der Waals surface area contributed by atoms with Gasteiger partial charge in [-0.2, -0.15) is 0 Å². The first-order chi connectivity index (χ1) is 11.0. The third-order valence-electron chi connectivity index (χ3n) is 4.49. The van der Waals surface area contributed by atoms with E-state index in [2.05, 4.69) is 29.4 Å². The van der Waals surface area contributed by atoms with Gasteiger partial charge < -0.3 is 10.6 Å². The molecule has 1 aliphatic heterocycles. The Morgan fingerprint density at radius 3 is 2.58 bits per heavy atom. The third kappa shape index (κ3) is 6.04. The fourth-order valence-electron chi connectivity index (χ4n) is 3.16. The van der Waals surface area contributed by atoms with Crippen LogP contribution in [0, 0.1) is 11.7 Å². The summed E-state index contributed by atoms with van der Waals surface area (Å²) < 4.78 is 13.1. The molecule has 2 N–H and O–H groups in total. The van der Waals surface area contributed by atoms with Crippen LogP contribution in [0.4, 0.5) is 4.39 Å². The summed E-state index contributed by atoms with van der Waals surface area (Å²) >= 11 is 0. The first-order valence-electron chi connectivity index (χ1n) is 8.44. The molecule has 1 aromatic rings. The van der Waals surface area contributed by atoms with Gasteiger partial charge in [-0.3, -0.25) is 9.69 Å². The molecule has 0 radical (unpaired) electrons. The monoisotopic (exact) mass is 357 g/mol. The van der Waals surface area contributed by atoms with Gasteiger partial charge in [-0.05, 0) is 50.0 Å². The molecule has 136 valence electrons. The number of benzene rings is 1. The number of likely N-dealkylation sites (N-methyl/N-ethyl adjacent to an activating group) is 1. The van der Waals surface area contributed by atoms with Gasteiger partial charge in [0.25, 0.3) is 0 Å². The molecule has 2 atom stereocenters. The van der Waals surface area contributed by atoms with E-state index >= 15 is 0 Å². The number of nitrogens with zero attached hydrogens (tertiary/aromatic N) is 1. The molecular weight excluding hydrogens is 329 g/mol. The fourth-order valence-corrected chi connectivity index (χ4v) is 3.16. The molecule has 0 aliphatic carbocycles. The molecule has 1 saturated heterocycles. The number of hydrogen-bond acceptors (Lipinski definition) is 3. The quantitative estimate of drug-likeness (QED) is 0.822. The highest BCUT2D eigenvalue weighted by Gasteiger charge is 2.23. The molecule has 0 aromatic heterocycles. The highest BCUT2D eigenvalue weighted by molar-refractivity contribution is 5.85. The second kappa shape index (κ2) is 9.97. The summed E-state index contributed by atoms with van der Waals surface area (Å²) in [7, 11) is 1.97. The molecule has 6 heteroatoms. The van der Waals surface area contributed by atoms with Crippen LogP contribution in [0.25, 0.3) is 0 Å². The van der Waals surface area contributed by atoms with Gasteiger partial charge >= 0.3 is 0 Å². The van der Waals surface area contributed by atoms with Crippen LogP contribution in [-0.2, 0) is 4.79 Å². The summed E-state index contributed by atoms with van der Waals surface area (Å²) in [5.41, 5.74) is 0.946. The van der Waals surface area contributed by atoms with E-state index in [1.807, 2.05) is 7.05 Å². The molecule has 24 heavy (non-hydrogen) atoms. The Morgan fingerprint density at radius 2 is 2.00 bits per heavy atom. The molecule has 0 spiro atoms. The van der Waals surface area contributed by atoms with Crippen molar-refractivity contribution in [2.24, 2.45) is 5.92 Å². The van der Waals surface area contributed by atoms with E-state index in [0.717, 1.165) is 25.1 Å². The molecule has 1 aliphatic rings. The zero-order valence-electron chi connectivity index (χ0n) is 14.7. The van der Waals surface area contributed by atoms with Crippen molar-refractivity contribution in [3.8, 4) is 0 Å². The van der Waals surface area contributed by atoms with E-state index in [4.69, 9.17) is 0 Å². The summed E-state index contributed by atoms with van der Waals surface area (Å²) in [4.78, 5) is 14.6. The summed E-state index contributed by atoms with van der Waals surface area (Å²) in [6.45, 7) is 6.42. The van der Waals surface area contributed by atoms with Crippen molar-refractivity contribution < 1.29 is 9.18 Å². The average molecular weight is 358 g/mol. The smallest absolute Gasteiger partial charge is 0.234 e. The van der Waals surface area contributed by atoms with Crippen molar-refractivity contribution in [3.05, 3.63) is 35.6 Å². The van der Waals surface area contributed by atoms with E-state index in [1.54, 1.807) is 12.1 Å². The maximum Gasteiger partial charge on any atom is 0.234 e. The zero-order valence-corrected chi connectivity index (χ0v) is 15.5. The second-order valence-corrected chi connectivity index (χ2v) is 6.70. The lowest BCUT2D eigenvalue weighted by Gasteiger charge is -2.32. The lowest BCUT2D eigenvalue weighted by molar-refractivity contribution is -0.123. The van der Waals surface area contributed by atoms with Gasteiger partial charge in [0.2, 0.25) is 5.91 Å². The van der Waals surface area contributed by atoms with E-state index < -0.39 is 0 Å². The molecule has 2 unspecified atom stereocenters. The number of carbonyl (C=O) groups excluding carboxylic acids is 1. The van der Waals surface area contributed by atoms with Crippen LogP contribution in [-0.4, -0.2) is 43.5 Å². The van der Waals surface area contributed by atoms with Crippen molar-refractivity contribution in [2.75, 3.05) is 26.7 Å². The summed E-state index contributed by atoms with van der Waals surface area (Å²) in [6, 6.07) is 6.76. The van der Waals surface area contributed by atoms with Gasteiger partial charge in [-0.25, -0.2) is 4.39 Å². The van der Waals surface area contributed by atoms with Gasteiger partial charge in [0.15, 0.2) is 0 Å². The van der Waals surface area contributed by atoms with Crippen LogP contribution in [0.15, 0.2) is 24.3 Å². The minimum absolute atomic E-state index is 0. The maximum atomic E-state index is 13.1. The number of hydrogen-bond donors (Lipinski definition) is 2. The Hall–Kier alpha value is -1.17. The maximum absolute atomic E-state index is 13.1. The summed E-state index contributed by atoms with van der Waals surface area (Å²) in [5, 5.41) is 6.40. The van der Waals surface area contributed by atoms with Gasteiger partial charge in [0.1, 0.15) is 5.82 Å². The minimum atomic E-state index is -0.256. The first kappa shape index (κ1) is 20.9. The Kier molecular flexibility index (Phi) is 8.67. The molecule has 1 heterocycles. The standard InChI is InChI=1S/C18H28FN3O.ClH/c1-13(2)18(14-6-8-15(19)9-7-14)21-17(23)12-22-10-4-5-16(11-22)20-3;/h6-9,13,16,18,20H,4-5,10-12H2,1-3H3,(H,21,23);1H. The third-order valence-corrected chi connectivity index (χ3v) is 4.49. The predicted octanol–water partition coefficient (Wildman–Crippen LogP) is 2.74. The molecule has 1 aromatic carbocycles. The molecule has 0 bridgehead atoms. The topological polar surface area (TPSA) is 44.4 Å². The molecule has 1 amide bonds. The van der Waals surface area contributed by atoms with E-state index in [-0.39, 0.29) is 36.1 Å². The Labute approximate surface area is 150 Å². The van der Waals surface area contributed by atoms with Gasteiger partial charge in [0, 0.05) is 12.6 Å². The minimum Gasteiger partial charge on any atom is -0.348 e. The van der Waals surface area contributed by atoms with Crippen LogP contribution in [0.3, 0.4) is 0 Å². The fraction of sp³-hybridized carbons (Fsp3) is 0.611. The number of rotatable bonds is 6. The van der Waals surface area contributed by atoms with Crippen molar-refractivity contribution in [1.82, 2.24) is 15.5 Å². The Morgan fingerprint density at radius 1 is 1.33 bits per heavy atom. The van der Waals surface area contributed by atoms with Crippen LogP contribution < -0.4 is 10.6 Å². The Balaban J connectivity index is 0.00000288. The van der Waals surface area contributed by atoms with Crippen LogP contribution in [0.1, 0.15) is 38.3 Å². The van der Waals surface area contributed by atoms with Gasteiger partial charge in [-0.15, -0.1) is 12.4 Å². The van der Waals surface area contributed by atoms with Crippen LogP contribution >= 0.6 is 12.4 Å². The normalized spacial score (nSPS) is 19.6. The van der Waals surface area contributed by atoms with E-state index in [0.29, 0.717) is 12.6 Å². The number of halogens is 2. The zero-order chi connectivity index (χ0) is 16.8. The lowest BCUT2D eigenvalue weighted by Crippen LogP contribution is -2.48. The number of carbonyl (C=O) groups is 1. The van der Waals surface area contributed by atoms with Crippen LogP contribution in [0.2, 0.25) is 0 Å². The SMILES string of the molecule is CNC1CCCN(CC(=O)NC(c2ccc(F)cc2)C(C)C)C1.Cl. The summed E-state index contributed by atoms with van der Waals surface area (Å²) in [6.07, 6.45) is 2.28. The average Bonchev–Trinajstić information content (AvgIpc) is 2.53. The molecule has 4 nitrogen and oxygen atoms in total. The number of amides is 1. The largest absolute Gasteiger partial charge is 0.348 e. The lowest BCUT2D eigenvalue weighted by atomic mass is 9.96. The molecule has 2 rings (SSSR count). The summed E-state index contributed by atoms with van der Waals surface area (Å²) in [5.74, 6) is 0.0228. The number of likely N-dealkylation sites (tertiary alicyclic amines) is 1. The van der Waals surface area contributed by atoms with Crippen molar-refractivity contribution in [3.63, 3.8) is 0 Å². The van der Waals surface area contributed by atoms with Crippen molar-refractivity contribution in [2.45, 2.75) is 38.8 Å². The molecule has 1 fully saturated rings.